The van der Waals surface area contributed by atoms with Crippen molar-refractivity contribution in [1.82, 2.24) is 5.32 Å². The van der Waals surface area contributed by atoms with Crippen LogP contribution in [0.3, 0.4) is 0 Å². The molecule has 1 aromatic carbocycles. The van der Waals surface area contributed by atoms with Gasteiger partial charge in [0.15, 0.2) is 0 Å². The van der Waals surface area contributed by atoms with Crippen LogP contribution in [0.25, 0.3) is 0 Å². The van der Waals surface area contributed by atoms with Crippen molar-refractivity contribution < 1.29 is 4.39 Å². The third kappa shape index (κ3) is 4.69. The van der Waals surface area contributed by atoms with Crippen LogP contribution in [0.15, 0.2) is 40.2 Å². The van der Waals surface area contributed by atoms with E-state index in [0.29, 0.717) is 10.5 Å². The molecule has 0 fully saturated rings. The minimum Gasteiger partial charge on any atom is -0.317 e. The minimum absolute atomic E-state index is 0.201. The summed E-state index contributed by atoms with van der Waals surface area (Å²) in [4.78, 5) is 1.45. The Morgan fingerprint density at radius 2 is 2.20 bits per heavy atom. The quantitative estimate of drug-likeness (QED) is 0.751. The molecule has 0 saturated heterocycles. The fourth-order valence-electron chi connectivity index (χ4n) is 2.28. The molecule has 0 aliphatic carbocycles. The van der Waals surface area contributed by atoms with Gasteiger partial charge in [0.1, 0.15) is 5.82 Å². The number of rotatable bonds is 7. The van der Waals surface area contributed by atoms with Crippen LogP contribution < -0.4 is 5.32 Å². The van der Waals surface area contributed by atoms with Crippen molar-refractivity contribution in [1.29, 1.82) is 0 Å². The first-order chi connectivity index (χ1) is 9.69. The molecule has 20 heavy (non-hydrogen) atoms. The number of benzene rings is 1. The maximum absolute atomic E-state index is 13.2. The molecule has 1 atom stereocenters. The molecule has 0 radical (unpaired) electrons. The predicted octanol–water partition coefficient (Wildman–Crippen LogP) is 4.80. The molecular weight excluding hydrogens is 337 g/mol. The topological polar surface area (TPSA) is 12.0 Å². The molecule has 2 aromatic rings. The monoisotopic (exact) mass is 355 g/mol. The average molecular weight is 356 g/mol. The molecule has 1 aromatic heterocycles. The lowest BCUT2D eigenvalue weighted by Crippen LogP contribution is -2.27. The number of aryl methyl sites for hydroxylation is 1. The fourth-order valence-corrected chi connectivity index (χ4v) is 3.45. The smallest absolute Gasteiger partial charge is 0.137 e. The molecule has 1 heterocycles. The fraction of sp³-hybridized carbons (Fsp3) is 0.375. The van der Waals surface area contributed by atoms with E-state index >= 15 is 0 Å². The molecular formula is C16H19BrFNS. The van der Waals surface area contributed by atoms with Crippen molar-refractivity contribution in [2.75, 3.05) is 7.05 Å². The van der Waals surface area contributed by atoms with Crippen LogP contribution in [0.1, 0.15) is 23.3 Å². The van der Waals surface area contributed by atoms with E-state index in [4.69, 9.17) is 0 Å². The van der Waals surface area contributed by atoms with Crippen molar-refractivity contribution in [3.8, 4) is 0 Å². The first kappa shape index (κ1) is 15.7. The van der Waals surface area contributed by atoms with Crippen LogP contribution in [0.5, 0.6) is 0 Å². The van der Waals surface area contributed by atoms with E-state index in [0.717, 1.165) is 24.8 Å². The second-order valence-corrected chi connectivity index (χ2v) is 6.80. The third-order valence-electron chi connectivity index (χ3n) is 3.43. The molecule has 2 rings (SSSR count). The normalized spacial score (nSPS) is 12.6. The van der Waals surface area contributed by atoms with E-state index in [2.05, 4.69) is 38.8 Å². The highest BCUT2D eigenvalue weighted by Gasteiger charge is 2.09. The zero-order valence-electron chi connectivity index (χ0n) is 11.5. The van der Waals surface area contributed by atoms with Crippen LogP contribution in [-0.2, 0) is 12.8 Å². The van der Waals surface area contributed by atoms with Gasteiger partial charge in [0.25, 0.3) is 0 Å². The molecule has 0 saturated carbocycles. The van der Waals surface area contributed by atoms with Gasteiger partial charge < -0.3 is 5.32 Å². The SMILES string of the molecule is CNC(CCCc1cccs1)Cc1ccc(F)c(Br)c1. The zero-order valence-corrected chi connectivity index (χ0v) is 13.9. The Kier molecular flexibility index (Phi) is 6.20. The summed E-state index contributed by atoms with van der Waals surface area (Å²) in [5, 5.41) is 5.48. The van der Waals surface area contributed by atoms with Gasteiger partial charge in [-0.15, -0.1) is 11.3 Å². The van der Waals surface area contributed by atoms with Gasteiger partial charge in [-0.3, -0.25) is 0 Å². The molecule has 0 aliphatic heterocycles. The van der Waals surface area contributed by atoms with Crippen molar-refractivity contribution in [2.24, 2.45) is 0 Å². The number of hydrogen-bond acceptors (Lipinski definition) is 2. The van der Waals surface area contributed by atoms with Gasteiger partial charge in [0.2, 0.25) is 0 Å². The van der Waals surface area contributed by atoms with Gasteiger partial charge in [0, 0.05) is 10.9 Å². The van der Waals surface area contributed by atoms with Crippen LogP contribution in [0.4, 0.5) is 4.39 Å². The number of halogens is 2. The number of nitrogens with one attached hydrogen (secondary N) is 1. The molecule has 1 nitrogen and oxygen atoms in total. The lowest BCUT2D eigenvalue weighted by Gasteiger charge is -2.16. The van der Waals surface area contributed by atoms with E-state index in [-0.39, 0.29) is 5.82 Å². The van der Waals surface area contributed by atoms with Gasteiger partial charge >= 0.3 is 0 Å². The van der Waals surface area contributed by atoms with E-state index in [1.54, 1.807) is 0 Å². The van der Waals surface area contributed by atoms with Gasteiger partial charge in [-0.1, -0.05) is 12.1 Å². The van der Waals surface area contributed by atoms with Gasteiger partial charge in [-0.05, 0) is 77.8 Å². The van der Waals surface area contributed by atoms with Gasteiger partial charge in [-0.2, -0.15) is 0 Å². The summed E-state index contributed by atoms with van der Waals surface area (Å²) in [6, 6.07) is 10.00. The summed E-state index contributed by atoms with van der Waals surface area (Å²) in [6.07, 6.45) is 4.38. The molecule has 0 aliphatic rings. The largest absolute Gasteiger partial charge is 0.317 e. The summed E-state index contributed by atoms with van der Waals surface area (Å²) >= 11 is 5.06. The van der Waals surface area contributed by atoms with Crippen LogP contribution in [0, 0.1) is 5.82 Å². The second-order valence-electron chi connectivity index (χ2n) is 4.91. The van der Waals surface area contributed by atoms with Crippen LogP contribution in [-0.4, -0.2) is 13.1 Å². The highest BCUT2D eigenvalue weighted by atomic mass is 79.9. The molecule has 0 amide bonds. The van der Waals surface area contributed by atoms with Crippen molar-refractivity contribution >= 4 is 27.3 Å². The van der Waals surface area contributed by atoms with E-state index in [1.807, 2.05) is 30.5 Å². The third-order valence-corrected chi connectivity index (χ3v) is 4.97. The maximum atomic E-state index is 13.2. The predicted molar refractivity (Wildman–Crippen MR) is 87.9 cm³/mol. The van der Waals surface area contributed by atoms with E-state index in [9.17, 15) is 4.39 Å². The Bertz CT molecular complexity index is 527. The zero-order chi connectivity index (χ0) is 14.4. The second kappa shape index (κ2) is 7.91. The Morgan fingerprint density at radius 3 is 2.85 bits per heavy atom. The summed E-state index contributed by atoms with van der Waals surface area (Å²) < 4.78 is 13.8. The molecule has 4 heteroatoms. The van der Waals surface area contributed by atoms with E-state index < -0.39 is 0 Å². The molecule has 108 valence electrons. The van der Waals surface area contributed by atoms with Crippen molar-refractivity contribution in [3.63, 3.8) is 0 Å². The molecule has 1 N–H and O–H groups in total. The van der Waals surface area contributed by atoms with E-state index in [1.165, 1.54) is 17.4 Å². The number of likely N-dealkylation sites (N-methyl/N-ethyl adjacent to an activating group) is 1. The lowest BCUT2D eigenvalue weighted by atomic mass is 10.0. The summed E-state index contributed by atoms with van der Waals surface area (Å²) in [7, 11) is 1.99. The van der Waals surface area contributed by atoms with Crippen molar-refractivity contribution in [2.45, 2.75) is 31.7 Å². The van der Waals surface area contributed by atoms with Gasteiger partial charge in [-0.25, -0.2) is 4.39 Å². The Labute approximate surface area is 132 Å². The molecule has 1 unspecified atom stereocenters. The standard InChI is InChI=1S/C16H19BrFNS/c1-19-13(4-2-5-14-6-3-9-20-14)10-12-7-8-16(18)15(17)11-12/h3,6-9,11,13,19H,2,4-5,10H2,1H3. The Morgan fingerprint density at radius 1 is 1.35 bits per heavy atom. The summed E-state index contributed by atoms with van der Waals surface area (Å²) in [5.41, 5.74) is 1.16. The maximum Gasteiger partial charge on any atom is 0.137 e. The highest BCUT2D eigenvalue weighted by Crippen LogP contribution is 2.19. The minimum atomic E-state index is -0.201. The highest BCUT2D eigenvalue weighted by molar-refractivity contribution is 9.10. The van der Waals surface area contributed by atoms with Crippen LogP contribution in [0.2, 0.25) is 0 Å². The summed E-state index contributed by atoms with van der Waals surface area (Å²) in [6.45, 7) is 0. The average Bonchev–Trinajstić information content (AvgIpc) is 2.95. The summed E-state index contributed by atoms with van der Waals surface area (Å²) in [5.74, 6) is -0.201. The Hall–Kier alpha value is -0.710. The first-order valence-corrected chi connectivity index (χ1v) is 8.50. The molecule has 0 bridgehead atoms. The van der Waals surface area contributed by atoms with Gasteiger partial charge in [0.05, 0.1) is 4.47 Å². The Balaban J connectivity index is 1.83. The first-order valence-electron chi connectivity index (χ1n) is 6.82. The lowest BCUT2D eigenvalue weighted by molar-refractivity contribution is 0.502. The molecule has 0 spiro atoms. The van der Waals surface area contributed by atoms with Crippen molar-refractivity contribution in [3.05, 3.63) is 56.4 Å². The number of thiophene rings is 1. The number of hydrogen-bond donors (Lipinski definition) is 1. The van der Waals surface area contributed by atoms with Crippen LogP contribution >= 0.6 is 27.3 Å².